The summed E-state index contributed by atoms with van der Waals surface area (Å²) in [6.07, 6.45) is -0.353. The highest BCUT2D eigenvalue weighted by Gasteiger charge is 2.16. The molecular weight excluding hydrogens is 292 g/mol. The first-order valence-electron chi connectivity index (χ1n) is 7.30. The summed E-state index contributed by atoms with van der Waals surface area (Å²) in [5.74, 6) is 0.571. The lowest BCUT2D eigenvalue weighted by Gasteiger charge is -2.17. The zero-order chi connectivity index (χ0) is 16.5. The van der Waals surface area contributed by atoms with Crippen LogP contribution in [-0.2, 0) is 6.54 Å². The minimum atomic E-state index is -1.18. The molecule has 0 spiro atoms. The van der Waals surface area contributed by atoms with Gasteiger partial charge in [0.2, 0.25) is 0 Å². The van der Waals surface area contributed by atoms with Crippen LogP contribution in [0.3, 0.4) is 0 Å². The van der Waals surface area contributed by atoms with E-state index in [0.717, 1.165) is 0 Å². The molecule has 0 aliphatic rings. The van der Waals surface area contributed by atoms with Crippen molar-refractivity contribution in [2.24, 2.45) is 0 Å². The van der Waals surface area contributed by atoms with Gasteiger partial charge in [-0.05, 0) is 19.3 Å². The van der Waals surface area contributed by atoms with E-state index in [0.29, 0.717) is 37.4 Å². The Kier molecular flexibility index (Phi) is 8.13. The van der Waals surface area contributed by atoms with Crippen molar-refractivity contribution in [2.45, 2.75) is 44.1 Å². The first-order chi connectivity index (χ1) is 10.5. The third kappa shape index (κ3) is 5.78. The summed E-state index contributed by atoms with van der Waals surface area (Å²) < 4.78 is 1.56. The predicted octanol–water partition coefficient (Wildman–Crippen LogP) is -1.89. The Morgan fingerprint density at radius 2 is 1.86 bits per heavy atom. The highest BCUT2D eigenvalue weighted by Crippen LogP contribution is 2.18. The number of aryl methyl sites for hydroxylation is 1. The van der Waals surface area contributed by atoms with E-state index in [1.54, 1.807) is 4.68 Å². The summed E-state index contributed by atoms with van der Waals surface area (Å²) in [6.45, 7) is 0.207. The highest BCUT2D eigenvalue weighted by atomic mass is 16.4. The van der Waals surface area contributed by atoms with Gasteiger partial charge in [-0.2, -0.15) is 5.10 Å². The molecule has 0 saturated heterocycles. The van der Waals surface area contributed by atoms with E-state index >= 15 is 0 Å². The third-order valence-electron chi connectivity index (χ3n) is 3.37. The van der Waals surface area contributed by atoms with Crippen LogP contribution in [-0.4, -0.2) is 73.4 Å². The van der Waals surface area contributed by atoms with E-state index in [1.807, 2.05) is 0 Å². The van der Waals surface area contributed by atoms with E-state index in [4.69, 9.17) is 15.9 Å². The van der Waals surface area contributed by atoms with Crippen LogP contribution in [0.1, 0.15) is 19.3 Å². The number of rotatable bonds is 11. The number of anilines is 2. The summed E-state index contributed by atoms with van der Waals surface area (Å²) in [4.78, 5) is 0. The molecule has 3 unspecified atom stereocenters. The van der Waals surface area contributed by atoms with Crippen LogP contribution in [0.4, 0.5) is 11.5 Å². The minimum absolute atomic E-state index is 0.0632. The second-order valence-corrected chi connectivity index (χ2v) is 5.16. The Bertz CT molecular complexity index is 429. The van der Waals surface area contributed by atoms with Crippen molar-refractivity contribution in [3.8, 4) is 0 Å². The van der Waals surface area contributed by atoms with Gasteiger partial charge in [0.1, 0.15) is 11.9 Å². The van der Waals surface area contributed by atoms with E-state index < -0.39 is 24.9 Å². The molecule has 8 N–H and O–H groups in total. The molecule has 0 saturated carbocycles. The van der Waals surface area contributed by atoms with Crippen LogP contribution in [0.25, 0.3) is 0 Å². The second-order valence-electron chi connectivity index (χ2n) is 5.16. The largest absolute Gasteiger partial charge is 0.396 e. The van der Waals surface area contributed by atoms with Gasteiger partial charge in [0.25, 0.3) is 0 Å². The number of nitrogens with one attached hydrogen (secondary N) is 1. The molecule has 22 heavy (non-hydrogen) atoms. The molecule has 1 rings (SSSR count). The molecule has 0 bridgehead atoms. The van der Waals surface area contributed by atoms with Crippen LogP contribution in [0.2, 0.25) is 0 Å². The summed E-state index contributed by atoms with van der Waals surface area (Å²) in [7, 11) is 0. The van der Waals surface area contributed by atoms with Crippen LogP contribution >= 0.6 is 0 Å². The van der Waals surface area contributed by atoms with Gasteiger partial charge in [-0.25, -0.2) is 4.68 Å². The molecular formula is C13H26N4O5. The van der Waals surface area contributed by atoms with Crippen molar-refractivity contribution in [1.82, 2.24) is 9.78 Å². The first-order valence-corrected chi connectivity index (χ1v) is 7.30. The lowest BCUT2D eigenvalue weighted by molar-refractivity contribution is -0.0195. The van der Waals surface area contributed by atoms with Crippen molar-refractivity contribution >= 4 is 11.5 Å². The quantitative estimate of drug-likeness (QED) is 0.250. The lowest BCUT2D eigenvalue weighted by atomic mass is 10.1. The molecule has 0 amide bonds. The fourth-order valence-electron chi connectivity index (χ4n) is 1.98. The smallest absolute Gasteiger partial charge is 0.147 e. The Balaban J connectivity index is 2.49. The van der Waals surface area contributed by atoms with Crippen molar-refractivity contribution in [2.75, 3.05) is 30.8 Å². The Morgan fingerprint density at radius 1 is 1.14 bits per heavy atom. The molecule has 128 valence electrons. The number of nitrogens with zero attached hydrogens (tertiary/aromatic N) is 2. The maximum atomic E-state index is 9.63. The van der Waals surface area contributed by atoms with E-state index in [1.165, 1.54) is 6.20 Å². The summed E-state index contributed by atoms with van der Waals surface area (Å²) in [6, 6.07) is 0. The molecule has 0 radical (unpaired) electrons. The second kappa shape index (κ2) is 9.59. The van der Waals surface area contributed by atoms with Gasteiger partial charge in [0, 0.05) is 19.7 Å². The molecule has 1 heterocycles. The van der Waals surface area contributed by atoms with Crippen molar-refractivity contribution in [3.63, 3.8) is 0 Å². The van der Waals surface area contributed by atoms with E-state index in [9.17, 15) is 15.3 Å². The molecule has 0 fully saturated rings. The fourth-order valence-corrected chi connectivity index (χ4v) is 1.98. The number of aliphatic hydroxyl groups is 5. The van der Waals surface area contributed by atoms with Gasteiger partial charge in [-0.15, -0.1) is 0 Å². The number of hydrogen-bond acceptors (Lipinski definition) is 8. The van der Waals surface area contributed by atoms with Gasteiger partial charge in [0.05, 0.1) is 30.7 Å². The number of nitrogen functional groups attached to an aromatic ring is 1. The maximum absolute atomic E-state index is 9.63. The fraction of sp³-hybridized carbons (Fsp3) is 0.769. The number of aliphatic hydroxyl groups excluding tert-OH is 5. The van der Waals surface area contributed by atoms with Crippen molar-refractivity contribution in [3.05, 3.63) is 6.20 Å². The zero-order valence-corrected chi connectivity index (χ0v) is 12.5. The first kappa shape index (κ1) is 18.7. The average molecular weight is 318 g/mol. The van der Waals surface area contributed by atoms with Crippen LogP contribution in [0.15, 0.2) is 6.20 Å². The maximum Gasteiger partial charge on any atom is 0.147 e. The Labute approximate surface area is 129 Å². The molecule has 9 nitrogen and oxygen atoms in total. The normalized spacial score (nSPS) is 15.5. The Hall–Kier alpha value is -1.39. The van der Waals surface area contributed by atoms with Crippen molar-refractivity contribution in [1.29, 1.82) is 0 Å². The molecule has 9 heteroatoms. The summed E-state index contributed by atoms with van der Waals surface area (Å²) >= 11 is 0. The summed E-state index contributed by atoms with van der Waals surface area (Å²) in [5.41, 5.74) is 6.25. The number of hydrogen-bond donors (Lipinski definition) is 7. The molecule has 0 aliphatic heterocycles. The minimum Gasteiger partial charge on any atom is -0.396 e. The summed E-state index contributed by atoms with van der Waals surface area (Å²) in [5, 5.41) is 53.1. The van der Waals surface area contributed by atoms with Crippen LogP contribution in [0, 0.1) is 0 Å². The molecule has 1 aromatic rings. The molecule has 0 aliphatic carbocycles. The monoisotopic (exact) mass is 318 g/mol. The SMILES string of the molecule is Nc1cnn(CCC(O)C(O)CO)c1NCCC(O)CCO. The number of nitrogens with two attached hydrogens (primary N) is 1. The highest BCUT2D eigenvalue weighted by molar-refractivity contribution is 5.60. The van der Waals surface area contributed by atoms with Crippen LogP contribution in [0.5, 0.6) is 0 Å². The van der Waals surface area contributed by atoms with Gasteiger partial charge >= 0.3 is 0 Å². The van der Waals surface area contributed by atoms with Gasteiger partial charge in [0.15, 0.2) is 0 Å². The van der Waals surface area contributed by atoms with Crippen LogP contribution < -0.4 is 11.1 Å². The van der Waals surface area contributed by atoms with E-state index in [-0.39, 0.29) is 13.0 Å². The molecule has 0 aromatic carbocycles. The van der Waals surface area contributed by atoms with Gasteiger partial charge in [-0.3, -0.25) is 0 Å². The lowest BCUT2D eigenvalue weighted by Crippen LogP contribution is -2.30. The van der Waals surface area contributed by atoms with Gasteiger partial charge < -0.3 is 36.6 Å². The zero-order valence-electron chi connectivity index (χ0n) is 12.5. The van der Waals surface area contributed by atoms with Gasteiger partial charge in [-0.1, -0.05) is 0 Å². The topological polar surface area (TPSA) is 157 Å². The standard InChI is InChI=1S/C13H26N4O5/c14-10-7-16-17(5-2-11(21)12(22)8-19)13(10)15-4-1-9(20)3-6-18/h7,9,11-12,15,18-22H,1-6,8,14H2. The van der Waals surface area contributed by atoms with Crippen molar-refractivity contribution < 1.29 is 25.5 Å². The molecule has 3 atom stereocenters. The number of aromatic nitrogens is 2. The Morgan fingerprint density at radius 3 is 2.50 bits per heavy atom. The molecule has 1 aromatic heterocycles. The van der Waals surface area contributed by atoms with E-state index in [2.05, 4.69) is 10.4 Å². The third-order valence-corrected chi connectivity index (χ3v) is 3.37. The predicted molar refractivity (Wildman–Crippen MR) is 81.2 cm³/mol. The average Bonchev–Trinajstić information content (AvgIpc) is 2.85.